The number of hydrogen-bond acceptors (Lipinski definition) is 4. The van der Waals surface area contributed by atoms with Crippen LogP contribution < -0.4 is 5.32 Å². The maximum Gasteiger partial charge on any atom is 0.341 e. The number of halogens is 2. The van der Waals surface area contributed by atoms with Gasteiger partial charge in [-0.25, -0.2) is 13.6 Å². The van der Waals surface area contributed by atoms with E-state index in [1.54, 1.807) is 13.0 Å². The molecule has 0 atom stereocenters. The Morgan fingerprint density at radius 1 is 1.24 bits per heavy atom. The number of benzene rings is 1. The number of furan rings is 1. The highest BCUT2D eigenvalue weighted by molar-refractivity contribution is 5.90. The Balaban J connectivity index is 1.94. The Kier molecular flexibility index (Phi) is 4.70. The van der Waals surface area contributed by atoms with E-state index >= 15 is 0 Å². The molecule has 1 aromatic heterocycles. The van der Waals surface area contributed by atoms with Crippen LogP contribution in [0, 0.1) is 18.6 Å². The standard InChI is InChI=1S/C15H15F2NO3/c1-9-12(15(19)20-2)6-11(21-9)8-18-7-10-3-4-13(16)14(17)5-10/h3-6,18H,7-8H2,1-2H3. The highest BCUT2D eigenvalue weighted by Gasteiger charge is 2.14. The maximum atomic E-state index is 13.0. The van der Waals surface area contributed by atoms with E-state index in [0.29, 0.717) is 35.7 Å². The molecule has 0 saturated heterocycles. The SMILES string of the molecule is COC(=O)c1cc(CNCc2ccc(F)c(F)c2)oc1C. The van der Waals surface area contributed by atoms with Crippen molar-refractivity contribution in [3.05, 3.63) is 58.5 Å². The van der Waals surface area contributed by atoms with Gasteiger partial charge < -0.3 is 14.5 Å². The average Bonchev–Trinajstić information content (AvgIpc) is 2.83. The van der Waals surface area contributed by atoms with Crippen molar-refractivity contribution in [2.45, 2.75) is 20.0 Å². The first-order chi connectivity index (χ1) is 10.0. The summed E-state index contributed by atoms with van der Waals surface area (Å²) in [4.78, 5) is 11.4. The minimum absolute atomic E-state index is 0.352. The summed E-state index contributed by atoms with van der Waals surface area (Å²) in [6.45, 7) is 2.38. The monoisotopic (exact) mass is 295 g/mol. The van der Waals surface area contributed by atoms with Gasteiger partial charge in [0, 0.05) is 6.54 Å². The third-order valence-corrected chi connectivity index (χ3v) is 2.99. The van der Waals surface area contributed by atoms with Gasteiger partial charge in [0.15, 0.2) is 11.6 Å². The van der Waals surface area contributed by atoms with E-state index in [9.17, 15) is 13.6 Å². The molecular weight excluding hydrogens is 280 g/mol. The highest BCUT2D eigenvalue weighted by atomic mass is 19.2. The number of ether oxygens (including phenoxy) is 1. The Bertz CT molecular complexity index is 652. The van der Waals surface area contributed by atoms with Crippen molar-refractivity contribution in [1.29, 1.82) is 0 Å². The van der Waals surface area contributed by atoms with Crippen LogP contribution in [0.25, 0.3) is 0 Å². The lowest BCUT2D eigenvalue weighted by molar-refractivity contribution is 0.0599. The molecule has 1 aromatic carbocycles. The van der Waals surface area contributed by atoms with Crippen molar-refractivity contribution < 1.29 is 22.7 Å². The van der Waals surface area contributed by atoms with Crippen LogP contribution in [0.2, 0.25) is 0 Å². The quantitative estimate of drug-likeness (QED) is 0.862. The van der Waals surface area contributed by atoms with E-state index < -0.39 is 17.6 Å². The fraction of sp³-hybridized carbons (Fsp3) is 0.267. The van der Waals surface area contributed by atoms with Crippen molar-refractivity contribution in [1.82, 2.24) is 5.32 Å². The van der Waals surface area contributed by atoms with E-state index in [0.717, 1.165) is 12.1 Å². The molecular formula is C15H15F2NO3. The summed E-state index contributed by atoms with van der Waals surface area (Å²) < 4.78 is 35.9. The predicted octanol–water partition coefficient (Wildman–Crippen LogP) is 2.94. The van der Waals surface area contributed by atoms with Gasteiger partial charge in [-0.15, -0.1) is 0 Å². The van der Waals surface area contributed by atoms with Gasteiger partial charge in [0.1, 0.15) is 17.1 Å². The zero-order valence-corrected chi connectivity index (χ0v) is 11.7. The Hall–Kier alpha value is -2.21. The van der Waals surface area contributed by atoms with Gasteiger partial charge in [0.2, 0.25) is 0 Å². The summed E-state index contributed by atoms with van der Waals surface area (Å²) in [5.41, 5.74) is 0.993. The maximum absolute atomic E-state index is 13.0. The van der Waals surface area contributed by atoms with Gasteiger partial charge in [-0.3, -0.25) is 0 Å². The molecule has 112 valence electrons. The highest BCUT2D eigenvalue weighted by Crippen LogP contribution is 2.16. The van der Waals surface area contributed by atoms with E-state index in [1.807, 2.05) is 0 Å². The van der Waals surface area contributed by atoms with Crippen molar-refractivity contribution >= 4 is 5.97 Å². The molecule has 2 aromatic rings. The first-order valence-corrected chi connectivity index (χ1v) is 6.33. The summed E-state index contributed by atoms with van der Waals surface area (Å²) in [6, 6.07) is 5.31. The molecule has 0 aliphatic carbocycles. The third-order valence-electron chi connectivity index (χ3n) is 2.99. The number of carbonyl (C=O) groups is 1. The predicted molar refractivity (Wildman–Crippen MR) is 71.7 cm³/mol. The molecule has 1 N–H and O–H groups in total. The molecule has 0 spiro atoms. The molecule has 1 heterocycles. The number of methoxy groups -OCH3 is 1. The zero-order chi connectivity index (χ0) is 15.4. The topological polar surface area (TPSA) is 51.5 Å². The summed E-state index contributed by atoms with van der Waals surface area (Å²) in [7, 11) is 1.30. The van der Waals surface area contributed by atoms with Gasteiger partial charge in [-0.05, 0) is 30.7 Å². The van der Waals surface area contributed by atoms with Gasteiger partial charge in [-0.2, -0.15) is 0 Å². The van der Waals surface area contributed by atoms with Gasteiger partial charge in [0.05, 0.1) is 13.7 Å². The number of rotatable bonds is 5. The van der Waals surface area contributed by atoms with Crippen LogP contribution in [-0.4, -0.2) is 13.1 Å². The Morgan fingerprint density at radius 2 is 2.00 bits per heavy atom. The van der Waals surface area contributed by atoms with Crippen LogP contribution >= 0.6 is 0 Å². The molecule has 6 heteroatoms. The molecule has 0 fully saturated rings. The van der Waals surface area contributed by atoms with Crippen LogP contribution in [0.4, 0.5) is 8.78 Å². The minimum Gasteiger partial charge on any atom is -0.465 e. The molecule has 0 saturated carbocycles. The summed E-state index contributed by atoms with van der Waals surface area (Å²) >= 11 is 0. The number of nitrogens with one attached hydrogen (secondary N) is 1. The van der Waals surface area contributed by atoms with E-state index in [-0.39, 0.29) is 0 Å². The molecule has 0 bridgehead atoms. The molecule has 0 radical (unpaired) electrons. The van der Waals surface area contributed by atoms with Crippen molar-refractivity contribution in [2.24, 2.45) is 0 Å². The molecule has 0 unspecified atom stereocenters. The van der Waals surface area contributed by atoms with Gasteiger partial charge in [-0.1, -0.05) is 6.07 Å². The minimum atomic E-state index is -0.879. The van der Waals surface area contributed by atoms with Crippen LogP contribution in [0.15, 0.2) is 28.7 Å². The fourth-order valence-corrected chi connectivity index (χ4v) is 1.92. The molecule has 0 aliphatic heterocycles. The number of carbonyl (C=O) groups excluding carboxylic acids is 1. The van der Waals surface area contributed by atoms with E-state index in [4.69, 9.17) is 4.42 Å². The van der Waals surface area contributed by atoms with Crippen LogP contribution in [0.5, 0.6) is 0 Å². The first-order valence-electron chi connectivity index (χ1n) is 6.33. The van der Waals surface area contributed by atoms with Gasteiger partial charge >= 0.3 is 5.97 Å². The smallest absolute Gasteiger partial charge is 0.341 e. The normalized spacial score (nSPS) is 10.7. The van der Waals surface area contributed by atoms with E-state index in [2.05, 4.69) is 10.1 Å². The third kappa shape index (κ3) is 3.66. The lowest BCUT2D eigenvalue weighted by Crippen LogP contribution is -2.12. The lowest BCUT2D eigenvalue weighted by atomic mass is 10.2. The molecule has 4 nitrogen and oxygen atoms in total. The van der Waals surface area contributed by atoms with Crippen molar-refractivity contribution in [2.75, 3.05) is 7.11 Å². The van der Waals surface area contributed by atoms with Crippen LogP contribution in [0.1, 0.15) is 27.4 Å². The van der Waals surface area contributed by atoms with E-state index in [1.165, 1.54) is 13.2 Å². The fourth-order valence-electron chi connectivity index (χ4n) is 1.92. The van der Waals surface area contributed by atoms with Crippen molar-refractivity contribution in [3.8, 4) is 0 Å². The first kappa shape index (κ1) is 15.2. The molecule has 0 amide bonds. The summed E-state index contributed by atoms with van der Waals surface area (Å²) in [5.74, 6) is -1.16. The van der Waals surface area contributed by atoms with Crippen LogP contribution in [-0.2, 0) is 17.8 Å². The largest absolute Gasteiger partial charge is 0.465 e. The summed E-state index contributed by atoms with van der Waals surface area (Å²) in [5, 5.41) is 3.03. The molecule has 2 rings (SSSR count). The average molecular weight is 295 g/mol. The lowest BCUT2D eigenvalue weighted by Gasteiger charge is -2.03. The second-order valence-electron chi connectivity index (χ2n) is 4.53. The Labute approximate surface area is 120 Å². The zero-order valence-electron chi connectivity index (χ0n) is 11.7. The number of esters is 1. The summed E-state index contributed by atoms with van der Waals surface area (Å²) in [6.07, 6.45) is 0. The second-order valence-corrected chi connectivity index (χ2v) is 4.53. The Morgan fingerprint density at radius 3 is 2.67 bits per heavy atom. The number of aryl methyl sites for hydroxylation is 1. The van der Waals surface area contributed by atoms with Crippen LogP contribution in [0.3, 0.4) is 0 Å². The van der Waals surface area contributed by atoms with Gasteiger partial charge in [0.25, 0.3) is 0 Å². The molecule has 0 aliphatic rings. The molecule has 21 heavy (non-hydrogen) atoms. The van der Waals surface area contributed by atoms with Crippen molar-refractivity contribution in [3.63, 3.8) is 0 Å². The second kappa shape index (κ2) is 6.49. The number of hydrogen-bond donors (Lipinski definition) is 1.